The van der Waals surface area contributed by atoms with E-state index in [1.807, 2.05) is 48.5 Å². The quantitative estimate of drug-likeness (QED) is 0.725. The summed E-state index contributed by atoms with van der Waals surface area (Å²) in [7, 11) is 1.67. The van der Waals surface area contributed by atoms with Crippen molar-refractivity contribution in [1.82, 2.24) is 5.32 Å². The number of para-hydroxylation sites is 2. The standard InChI is InChI=1S/C22H29NO3/c1-22(2,3)18-12-6-8-14-20(18)26-16-21(24)23-15-9-11-17-10-5-7-13-19(17)25-4/h5-8,10,12-14H,9,11,15-16H2,1-4H3,(H,23,24). The maximum atomic E-state index is 12.1. The molecule has 2 aromatic carbocycles. The van der Waals surface area contributed by atoms with Crippen LogP contribution in [0.4, 0.5) is 0 Å². The Kier molecular flexibility index (Phi) is 7.07. The molecule has 2 rings (SSSR count). The Morgan fingerprint density at radius 2 is 1.65 bits per heavy atom. The third kappa shape index (κ3) is 5.80. The second-order valence-electron chi connectivity index (χ2n) is 7.30. The SMILES string of the molecule is COc1ccccc1CCCNC(=O)COc1ccccc1C(C)(C)C. The fourth-order valence-electron chi connectivity index (χ4n) is 2.82. The molecule has 0 saturated carbocycles. The van der Waals surface area contributed by atoms with Crippen molar-refractivity contribution in [2.24, 2.45) is 0 Å². The normalized spacial score (nSPS) is 11.1. The number of nitrogens with one attached hydrogen (secondary N) is 1. The molecule has 0 saturated heterocycles. The second-order valence-corrected chi connectivity index (χ2v) is 7.30. The maximum absolute atomic E-state index is 12.1. The first-order chi connectivity index (χ1) is 12.4. The highest BCUT2D eigenvalue weighted by Gasteiger charge is 2.18. The van der Waals surface area contributed by atoms with E-state index in [4.69, 9.17) is 9.47 Å². The van der Waals surface area contributed by atoms with Crippen molar-refractivity contribution < 1.29 is 14.3 Å². The van der Waals surface area contributed by atoms with Crippen molar-refractivity contribution >= 4 is 5.91 Å². The van der Waals surface area contributed by atoms with Gasteiger partial charge >= 0.3 is 0 Å². The zero-order valence-corrected chi connectivity index (χ0v) is 16.2. The number of methoxy groups -OCH3 is 1. The van der Waals surface area contributed by atoms with E-state index >= 15 is 0 Å². The largest absolute Gasteiger partial charge is 0.496 e. The predicted octanol–water partition coefficient (Wildman–Crippen LogP) is 4.12. The number of carbonyl (C=O) groups is 1. The molecule has 0 aromatic heterocycles. The van der Waals surface area contributed by atoms with Crippen molar-refractivity contribution in [3.05, 3.63) is 59.7 Å². The van der Waals surface area contributed by atoms with Crippen LogP contribution < -0.4 is 14.8 Å². The Morgan fingerprint density at radius 1 is 1.00 bits per heavy atom. The molecule has 0 atom stereocenters. The summed E-state index contributed by atoms with van der Waals surface area (Å²) in [5.41, 5.74) is 2.23. The van der Waals surface area contributed by atoms with Crippen LogP contribution in [0.1, 0.15) is 38.3 Å². The minimum atomic E-state index is -0.103. The Morgan fingerprint density at radius 3 is 2.35 bits per heavy atom. The molecule has 0 fully saturated rings. The van der Waals surface area contributed by atoms with Crippen molar-refractivity contribution in [2.45, 2.75) is 39.0 Å². The summed E-state index contributed by atoms with van der Waals surface area (Å²) in [6.07, 6.45) is 1.71. The number of ether oxygens (including phenoxy) is 2. The smallest absolute Gasteiger partial charge is 0.257 e. The maximum Gasteiger partial charge on any atom is 0.257 e. The van der Waals surface area contributed by atoms with Crippen molar-refractivity contribution in [3.63, 3.8) is 0 Å². The summed E-state index contributed by atoms with van der Waals surface area (Å²) in [4.78, 5) is 12.1. The second kappa shape index (κ2) is 9.27. The van der Waals surface area contributed by atoms with Crippen LogP contribution in [0.5, 0.6) is 11.5 Å². The molecule has 0 unspecified atom stereocenters. The number of aryl methyl sites for hydroxylation is 1. The summed E-state index contributed by atoms with van der Waals surface area (Å²) in [5, 5.41) is 2.91. The van der Waals surface area contributed by atoms with Crippen molar-refractivity contribution in [1.29, 1.82) is 0 Å². The Labute approximate surface area is 156 Å². The summed E-state index contributed by atoms with van der Waals surface area (Å²) in [6.45, 7) is 7.04. The van der Waals surface area contributed by atoms with E-state index in [1.165, 1.54) is 0 Å². The summed E-state index contributed by atoms with van der Waals surface area (Å²) < 4.78 is 11.1. The summed E-state index contributed by atoms with van der Waals surface area (Å²) in [5.74, 6) is 1.55. The lowest BCUT2D eigenvalue weighted by Crippen LogP contribution is -2.30. The molecule has 4 nitrogen and oxygen atoms in total. The lowest BCUT2D eigenvalue weighted by Gasteiger charge is -2.22. The van der Waals surface area contributed by atoms with Crippen LogP contribution in [0.2, 0.25) is 0 Å². The highest BCUT2D eigenvalue weighted by atomic mass is 16.5. The molecule has 140 valence electrons. The third-order valence-corrected chi connectivity index (χ3v) is 4.19. The van der Waals surface area contributed by atoms with Crippen LogP contribution in [0.25, 0.3) is 0 Å². The van der Waals surface area contributed by atoms with E-state index in [2.05, 4.69) is 26.1 Å². The first kappa shape index (κ1) is 19.8. The minimum absolute atomic E-state index is 0.0260. The number of rotatable bonds is 8. The number of hydrogen-bond donors (Lipinski definition) is 1. The molecule has 0 aliphatic rings. The zero-order chi connectivity index (χ0) is 19.0. The van der Waals surface area contributed by atoms with E-state index < -0.39 is 0 Å². The molecule has 2 aromatic rings. The average Bonchev–Trinajstić information content (AvgIpc) is 2.63. The van der Waals surface area contributed by atoms with Gasteiger partial charge in [-0.05, 0) is 41.5 Å². The molecule has 0 aliphatic heterocycles. The van der Waals surface area contributed by atoms with Gasteiger partial charge in [0.05, 0.1) is 7.11 Å². The molecule has 0 radical (unpaired) electrons. The highest BCUT2D eigenvalue weighted by Crippen LogP contribution is 2.30. The van der Waals surface area contributed by atoms with E-state index in [-0.39, 0.29) is 17.9 Å². The van der Waals surface area contributed by atoms with Crippen LogP contribution in [-0.4, -0.2) is 26.2 Å². The fraction of sp³-hybridized carbons (Fsp3) is 0.409. The van der Waals surface area contributed by atoms with Gasteiger partial charge in [-0.3, -0.25) is 4.79 Å². The minimum Gasteiger partial charge on any atom is -0.496 e. The number of amides is 1. The topological polar surface area (TPSA) is 47.6 Å². The molecule has 1 amide bonds. The lowest BCUT2D eigenvalue weighted by molar-refractivity contribution is -0.123. The molecule has 0 spiro atoms. The molecular formula is C22H29NO3. The molecule has 0 aliphatic carbocycles. The van der Waals surface area contributed by atoms with Gasteiger partial charge in [-0.1, -0.05) is 57.2 Å². The number of carbonyl (C=O) groups excluding carboxylic acids is 1. The van der Waals surface area contributed by atoms with Gasteiger partial charge in [0.15, 0.2) is 6.61 Å². The van der Waals surface area contributed by atoms with E-state index in [1.54, 1.807) is 7.11 Å². The average molecular weight is 355 g/mol. The van der Waals surface area contributed by atoms with Gasteiger partial charge in [0, 0.05) is 6.54 Å². The van der Waals surface area contributed by atoms with Crippen LogP contribution in [-0.2, 0) is 16.6 Å². The van der Waals surface area contributed by atoms with Gasteiger partial charge in [-0.25, -0.2) is 0 Å². The van der Waals surface area contributed by atoms with Gasteiger partial charge in [0.1, 0.15) is 11.5 Å². The number of benzene rings is 2. The van der Waals surface area contributed by atoms with E-state index in [0.717, 1.165) is 35.5 Å². The summed E-state index contributed by atoms with van der Waals surface area (Å²) >= 11 is 0. The van der Waals surface area contributed by atoms with Crippen LogP contribution in [0, 0.1) is 0 Å². The van der Waals surface area contributed by atoms with Crippen LogP contribution >= 0.6 is 0 Å². The predicted molar refractivity (Wildman–Crippen MR) is 105 cm³/mol. The van der Waals surface area contributed by atoms with Gasteiger partial charge in [-0.2, -0.15) is 0 Å². The molecular weight excluding hydrogens is 326 g/mol. The van der Waals surface area contributed by atoms with E-state index in [0.29, 0.717) is 6.54 Å². The molecule has 4 heteroatoms. The Balaban J connectivity index is 1.76. The lowest BCUT2D eigenvalue weighted by atomic mass is 9.86. The Hall–Kier alpha value is -2.49. The summed E-state index contributed by atoms with van der Waals surface area (Å²) in [6, 6.07) is 15.8. The first-order valence-corrected chi connectivity index (χ1v) is 9.02. The van der Waals surface area contributed by atoms with Gasteiger partial charge < -0.3 is 14.8 Å². The third-order valence-electron chi connectivity index (χ3n) is 4.19. The molecule has 1 N–H and O–H groups in total. The monoisotopic (exact) mass is 355 g/mol. The molecule has 26 heavy (non-hydrogen) atoms. The van der Waals surface area contributed by atoms with Crippen LogP contribution in [0.3, 0.4) is 0 Å². The van der Waals surface area contributed by atoms with Crippen LogP contribution in [0.15, 0.2) is 48.5 Å². The van der Waals surface area contributed by atoms with Gasteiger partial charge in [0.2, 0.25) is 0 Å². The van der Waals surface area contributed by atoms with Crippen molar-refractivity contribution in [3.8, 4) is 11.5 Å². The van der Waals surface area contributed by atoms with Gasteiger partial charge in [-0.15, -0.1) is 0 Å². The molecule has 0 heterocycles. The fourth-order valence-corrected chi connectivity index (χ4v) is 2.82. The van der Waals surface area contributed by atoms with E-state index in [9.17, 15) is 4.79 Å². The first-order valence-electron chi connectivity index (χ1n) is 9.02. The molecule has 0 bridgehead atoms. The van der Waals surface area contributed by atoms with Crippen molar-refractivity contribution in [2.75, 3.05) is 20.3 Å². The van der Waals surface area contributed by atoms with Gasteiger partial charge in [0.25, 0.3) is 5.91 Å². The zero-order valence-electron chi connectivity index (χ0n) is 16.2. The number of hydrogen-bond acceptors (Lipinski definition) is 3. The highest BCUT2D eigenvalue weighted by molar-refractivity contribution is 5.77. The Bertz CT molecular complexity index is 719.